The Morgan fingerprint density at radius 1 is 1.25 bits per heavy atom. The number of hydroxylamine groups is 2. The summed E-state index contributed by atoms with van der Waals surface area (Å²) in [5.74, 6) is -1.95. The van der Waals surface area contributed by atoms with Crippen molar-refractivity contribution in [3.8, 4) is 5.88 Å². The highest BCUT2D eigenvalue weighted by Gasteiger charge is 2.44. The molecule has 1 aromatic heterocycles. The van der Waals surface area contributed by atoms with Crippen LogP contribution < -0.4 is 10.1 Å². The molecule has 0 amide bonds. The molecular formula is C18H17ClF3N3O3. The predicted molar refractivity (Wildman–Crippen MR) is 94.5 cm³/mol. The Bertz CT molecular complexity index is 818. The van der Waals surface area contributed by atoms with Gasteiger partial charge in [-0.3, -0.25) is 0 Å². The summed E-state index contributed by atoms with van der Waals surface area (Å²) in [6.07, 6.45) is -5.06. The van der Waals surface area contributed by atoms with Crippen molar-refractivity contribution >= 4 is 17.6 Å². The number of nitrogens with one attached hydrogen (secondary N) is 1. The SMILES string of the molecule is O=C(ON1CCNCC1c1cccc(OCc2ccc(Cl)cc2)n1)C(F)(F)F. The van der Waals surface area contributed by atoms with Gasteiger partial charge in [-0.05, 0) is 23.8 Å². The summed E-state index contributed by atoms with van der Waals surface area (Å²) in [6.45, 7) is 1.01. The third kappa shape index (κ3) is 5.34. The lowest BCUT2D eigenvalue weighted by Crippen LogP contribution is -2.48. The second kappa shape index (κ2) is 8.76. The number of carbonyl (C=O) groups is 1. The van der Waals surface area contributed by atoms with Gasteiger partial charge in [0.25, 0.3) is 0 Å². The Hall–Kier alpha value is -2.36. The van der Waals surface area contributed by atoms with E-state index < -0.39 is 18.2 Å². The van der Waals surface area contributed by atoms with Crippen LogP contribution in [-0.4, -0.2) is 41.8 Å². The highest BCUT2D eigenvalue weighted by molar-refractivity contribution is 6.30. The lowest BCUT2D eigenvalue weighted by atomic mass is 10.1. The van der Waals surface area contributed by atoms with E-state index in [0.29, 0.717) is 23.1 Å². The van der Waals surface area contributed by atoms with E-state index in [1.807, 2.05) is 12.1 Å². The molecule has 1 aliphatic heterocycles. The minimum Gasteiger partial charge on any atom is -0.473 e. The lowest BCUT2D eigenvalue weighted by Gasteiger charge is -2.33. The van der Waals surface area contributed by atoms with E-state index in [1.54, 1.807) is 30.3 Å². The van der Waals surface area contributed by atoms with Crippen LogP contribution >= 0.6 is 11.6 Å². The van der Waals surface area contributed by atoms with Gasteiger partial charge in [-0.25, -0.2) is 9.78 Å². The number of alkyl halides is 3. The fraction of sp³-hybridized carbons (Fsp3) is 0.333. The Balaban J connectivity index is 1.69. The smallest absolute Gasteiger partial charge is 0.473 e. The van der Waals surface area contributed by atoms with Crippen LogP contribution in [0.4, 0.5) is 13.2 Å². The van der Waals surface area contributed by atoms with Gasteiger partial charge in [0.1, 0.15) is 12.6 Å². The van der Waals surface area contributed by atoms with Crippen molar-refractivity contribution in [1.82, 2.24) is 15.4 Å². The van der Waals surface area contributed by atoms with E-state index >= 15 is 0 Å². The number of piperazine rings is 1. The minimum absolute atomic E-state index is 0.101. The van der Waals surface area contributed by atoms with Gasteiger partial charge >= 0.3 is 12.1 Å². The summed E-state index contributed by atoms with van der Waals surface area (Å²) in [5.41, 5.74) is 1.31. The number of halogens is 4. The number of pyridine rings is 1. The van der Waals surface area contributed by atoms with Crippen LogP contribution in [0.15, 0.2) is 42.5 Å². The molecule has 2 heterocycles. The van der Waals surface area contributed by atoms with E-state index in [-0.39, 0.29) is 19.7 Å². The lowest BCUT2D eigenvalue weighted by molar-refractivity contribution is -0.249. The van der Waals surface area contributed by atoms with Gasteiger partial charge in [0.15, 0.2) is 0 Å². The molecule has 1 aliphatic rings. The number of hydrogen-bond acceptors (Lipinski definition) is 6. The molecule has 6 nitrogen and oxygen atoms in total. The van der Waals surface area contributed by atoms with E-state index in [4.69, 9.17) is 16.3 Å². The highest BCUT2D eigenvalue weighted by atomic mass is 35.5. The molecule has 0 aliphatic carbocycles. The number of aromatic nitrogens is 1. The molecule has 150 valence electrons. The van der Waals surface area contributed by atoms with Gasteiger partial charge in [-0.2, -0.15) is 13.2 Å². The zero-order chi connectivity index (χ0) is 20.1. The van der Waals surface area contributed by atoms with Crippen LogP contribution in [0.3, 0.4) is 0 Å². The van der Waals surface area contributed by atoms with Crippen LogP contribution in [0, 0.1) is 0 Å². The molecule has 1 saturated heterocycles. The standard InChI is InChI=1S/C18H17ClF3N3O3/c19-13-6-4-12(5-7-13)11-27-16-3-1-2-14(24-16)15-10-23-8-9-25(15)28-17(26)18(20,21)22/h1-7,15,23H,8-11H2. The first-order valence-corrected chi connectivity index (χ1v) is 8.81. The van der Waals surface area contributed by atoms with Gasteiger partial charge in [0.2, 0.25) is 5.88 Å². The summed E-state index contributed by atoms with van der Waals surface area (Å²) in [4.78, 5) is 20.1. The zero-order valence-electron chi connectivity index (χ0n) is 14.6. The minimum atomic E-state index is -5.06. The Labute approximate surface area is 164 Å². The first-order valence-electron chi connectivity index (χ1n) is 8.43. The summed E-state index contributed by atoms with van der Waals surface area (Å²) < 4.78 is 43.2. The third-order valence-electron chi connectivity index (χ3n) is 4.01. The van der Waals surface area contributed by atoms with E-state index in [2.05, 4.69) is 15.1 Å². The largest absolute Gasteiger partial charge is 0.492 e. The quantitative estimate of drug-likeness (QED) is 0.808. The Morgan fingerprint density at radius 2 is 2.00 bits per heavy atom. The number of carbonyl (C=O) groups excluding carboxylic acids is 1. The maximum atomic E-state index is 12.5. The summed E-state index contributed by atoms with van der Waals surface area (Å²) in [7, 11) is 0. The monoisotopic (exact) mass is 415 g/mol. The van der Waals surface area contributed by atoms with Crippen LogP contribution in [0.5, 0.6) is 5.88 Å². The molecule has 1 N–H and O–H groups in total. The first kappa shape index (κ1) is 20.4. The molecule has 28 heavy (non-hydrogen) atoms. The van der Waals surface area contributed by atoms with Crippen molar-refractivity contribution in [1.29, 1.82) is 0 Å². The molecular weight excluding hydrogens is 399 g/mol. The highest BCUT2D eigenvalue weighted by Crippen LogP contribution is 2.26. The molecule has 3 rings (SSSR count). The van der Waals surface area contributed by atoms with Crippen LogP contribution in [-0.2, 0) is 16.2 Å². The number of benzene rings is 1. The van der Waals surface area contributed by atoms with Gasteiger partial charge < -0.3 is 14.9 Å². The summed E-state index contributed by atoms with van der Waals surface area (Å²) in [6, 6.07) is 11.4. The van der Waals surface area contributed by atoms with E-state index in [9.17, 15) is 18.0 Å². The molecule has 10 heteroatoms. The summed E-state index contributed by atoms with van der Waals surface area (Å²) >= 11 is 5.84. The third-order valence-corrected chi connectivity index (χ3v) is 4.26. The van der Waals surface area contributed by atoms with Crippen molar-refractivity contribution in [3.63, 3.8) is 0 Å². The van der Waals surface area contributed by atoms with Crippen LogP contribution in [0.25, 0.3) is 0 Å². The van der Waals surface area contributed by atoms with Crippen molar-refractivity contribution < 1.29 is 27.5 Å². The normalized spacial score (nSPS) is 17.9. The molecule has 1 unspecified atom stereocenters. The Kier molecular flexibility index (Phi) is 6.38. The van der Waals surface area contributed by atoms with E-state index in [0.717, 1.165) is 10.6 Å². The average Bonchev–Trinajstić information content (AvgIpc) is 2.67. The van der Waals surface area contributed by atoms with Crippen molar-refractivity contribution in [3.05, 3.63) is 58.7 Å². The Morgan fingerprint density at radius 3 is 2.71 bits per heavy atom. The molecule has 1 aromatic carbocycles. The second-order valence-corrected chi connectivity index (χ2v) is 6.49. The van der Waals surface area contributed by atoms with Gasteiger partial charge in [0, 0.05) is 30.7 Å². The summed E-state index contributed by atoms with van der Waals surface area (Å²) in [5, 5.41) is 4.66. The molecule has 1 atom stereocenters. The molecule has 0 bridgehead atoms. The number of rotatable bonds is 5. The average molecular weight is 416 g/mol. The van der Waals surface area contributed by atoms with E-state index in [1.165, 1.54) is 0 Å². The van der Waals surface area contributed by atoms with Gasteiger partial charge in [-0.15, -0.1) is 5.06 Å². The topological polar surface area (TPSA) is 63.7 Å². The first-order chi connectivity index (χ1) is 13.3. The van der Waals surface area contributed by atoms with Crippen molar-refractivity contribution in [2.24, 2.45) is 0 Å². The molecule has 2 aromatic rings. The maximum Gasteiger partial charge on any atom is 0.492 e. The number of nitrogens with zero attached hydrogens (tertiary/aromatic N) is 2. The second-order valence-electron chi connectivity index (χ2n) is 6.05. The predicted octanol–water partition coefficient (Wildman–Crippen LogP) is 3.28. The number of ether oxygens (including phenoxy) is 1. The van der Waals surface area contributed by atoms with Crippen molar-refractivity contribution in [2.45, 2.75) is 18.8 Å². The van der Waals surface area contributed by atoms with Crippen molar-refractivity contribution in [2.75, 3.05) is 19.6 Å². The molecule has 1 fully saturated rings. The van der Waals surface area contributed by atoms with Crippen LogP contribution in [0.2, 0.25) is 5.02 Å². The fourth-order valence-electron chi connectivity index (χ4n) is 2.64. The van der Waals surface area contributed by atoms with Crippen LogP contribution in [0.1, 0.15) is 17.3 Å². The molecule has 0 radical (unpaired) electrons. The fourth-order valence-corrected chi connectivity index (χ4v) is 2.77. The van der Waals surface area contributed by atoms with Gasteiger partial charge in [-0.1, -0.05) is 29.8 Å². The number of hydrogen-bond donors (Lipinski definition) is 1. The molecule has 0 saturated carbocycles. The van der Waals surface area contributed by atoms with Gasteiger partial charge in [0.05, 0.1) is 5.69 Å². The maximum absolute atomic E-state index is 12.5. The zero-order valence-corrected chi connectivity index (χ0v) is 15.3. The molecule has 0 spiro atoms.